The van der Waals surface area contributed by atoms with E-state index in [0.717, 1.165) is 14.7 Å². The highest BCUT2D eigenvalue weighted by atomic mass is 32.2. The molecule has 0 spiro atoms. The third kappa shape index (κ3) is 6.07. The van der Waals surface area contributed by atoms with Crippen LogP contribution in [0.1, 0.15) is 0 Å². The van der Waals surface area contributed by atoms with Crippen LogP contribution < -0.4 is 0 Å². The minimum atomic E-state index is -5.77. The van der Waals surface area contributed by atoms with Crippen LogP contribution in [0.25, 0.3) is 0 Å². The molecule has 0 heterocycles. The lowest BCUT2D eigenvalue weighted by Crippen LogP contribution is -2.12. The van der Waals surface area contributed by atoms with Crippen LogP contribution in [-0.4, -0.2) is 13.0 Å². The number of benzene rings is 4. The zero-order valence-electron chi connectivity index (χ0n) is 17.7. The van der Waals surface area contributed by atoms with Gasteiger partial charge in [0, 0.05) is 0 Å². The van der Waals surface area contributed by atoms with Crippen LogP contribution in [0, 0.1) is 40.7 Å². The van der Waals surface area contributed by atoms with E-state index in [4.69, 9.17) is 0 Å². The summed E-state index contributed by atoms with van der Waals surface area (Å²) in [6, 6.07) is 23.0. The highest BCUT2D eigenvalue weighted by Gasteiger charge is 2.29. The molecule has 188 valence electrons. The SMILES string of the molecule is Fc1ccc([S+](c2ccccc2)c2ccc(F)cc2)cc1.O=S(=O)([O-])c1c(F)c(F)c(F)c(F)c1F. The molecular weight excluding hydrogens is 533 g/mol. The first-order chi connectivity index (χ1) is 16.9. The van der Waals surface area contributed by atoms with E-state index in [1.165, 1.54) is 24.3 Å². The topological polar surface area (TPSA) is 57.2 Å². The molecule has 0 amide bonds. The maximum atomic E-state index is 13.2. The summed E-state index contributed by atoms with van der Waals surface area (Å²) in [7, 11) is -6.14. The highest BCUT2D eigenvalue weighted by Crippen LogP contribution is 2.31. The van der Waals surface area contributed by atoms with Crippen LogP contribution in [0.5, 0.6) is 0 Å². The Bertz CT molecular complexity index is 1390. The summed E-state index contributed by atoms with van der Waals surface area (Å²) in [4.78, 5) is 0.762. The van der Waals surface area contributed by atoms with Gasteiger partial charge in [0.2, 0.25) is 5.82 Å². The molecule has 0 aliphatic carbocycles. The quantitative estimate of drug-likeness (QED) is 0.0986. The monoisotopic (exact) mass is 546 g/mol. The van der Waals surface area contributed by atoms with Crippen molar-refractivity contribution in [3.05, 3.63) is 120 Å². The van der Waals surface area contributed by atoms with Gasteiger partial charge in [0.15, 0.2) is 38.0 Å². The van der Waals surface area contributed by atoms with Crippen molar-refractivity contribution in [2.75, 3.05) is 0 Å². The molecule has 0 N–H and O–H groups in total. The number of hydrogen-bond acceptors (Lipinski definition) is 3. The van der Waals surface area contributed by atoms with Gasteiger partial charge in [-0.25, -0.2) is 39.2 Å². The minimum Gasteiger partial charge on any atom is -0.744 e. The normalized spacial score (nSPS) is 11.2. The van der Waals surface area contributed by atoms with Crippen molar-refractivity contribution in [3.8, 4) is 0 Å². The Balaban J connectivity index is 0.000000214. The Morgan fingerprint density at radius 2 is 0.833 bits per heavy atom. The largest absolute Gasteiger partial charge is 0.744 e. The first-order valence-electron chi connectivity index (χ1n) is 9.69. The molecule has 36 heavy (non-hydrogen) atoms. The van der Waals surface area contributed by atoms with Gasteiger partial charge in [0.05, 0.1) is 10.9 Å². The zero-order chi connectivity index (χ0) is 26.6. The molecule has 4 aromatic rings. The van der Waals surface area contributed by atoms with Gasteiger partial charge in [-0.15, -0.1) is 0 Å². The van der Waals surface area contributed by atoms with Crippen molar-refractivity contribution < 1.29 is 43.7 Å². The molecular formula is C24H13F7O3S2. The highest BCUT2D eigenvalue weighted by molar-refractivity contribution is 7.97. The summed E-state index contributed by atoms with van der Waals surface area (Å²) in [6.07, 6.45) is 0. The Morgan fingerprint density at radius 3 is 1.19 bits per heavy atom. The molecule has 3 nitrogen and oxygen atoms in total. The summed E-state index contributed by atoms with van der Waals surface area (Å²) < 4.78 is 119. The Hall–Kier alpha value is -3.35. The number of hydrogen-bond donors (Lipinski definition) is 0. The van der Waals surface area contributed by atoms with E-state index >= 15 is 0 Å². The van der Waals surface area contributed by atoms with E-state index in [2.05, 4.69) is 0 Å². The Kier molecular flexibility index (Phi) is 8.43. The summed E-state index contributed by atoms with van der Waals surface area (Å²) in [6.45, 7) is 0. The molecule has 0 aromatic heterocycles. The fraction of sp³-hybridized carbons (Fsp3) is 0. The second-order valence-corrected chi connectivity index (χ2v) is 10.2. The van der Waals surface area contributed by atoms with Gasteiger partial charge in [-0.1, -0.05) is 18.2 Å². The zero-order valence-corrected chi connectivity index (χ0v) is 19.3. The lowest BCUT2D eigenvalue weighted by Gasteiger charge is -2.10. The first-order valence-corrected chi connectivity index (χ1v) is 12.3. The summed E-state index contributed by atoms with van der Waals surface area (Å²) in [5.74, 6) is -13.3. The van der Waals surface area contributed by atoms with E-state index in [-0.39, 0.29) is 22.5 Å². The van der Waals surface area contributed by atoms with Gasteiger partial charge in [0.1, 0.15) is 26.6 Å². The second-order valence-electron chi connectivity index (χ2n) is 6.88. The maximum Gasteiger partial charge on any atom is 0.200 e. The first kappa shape index (κ1) is 27.2. The van der Waals surface area contributed by atoms with Gasteiger partial charge in [-0.3, -0.25) is 0 Å². The molecule has 0 saturated carbocycles. The molecule has 4 rings (SSSR count). The van der Waals surface area contributed by atoms with Gasteiger partial charge < -0.3 is 4.55 Å². The molecule has 0 bridgehead atoms. The summed E-state index contributed by atoms with van der Waals surface area (Å²) >= 11 is 0. The maximum absolute atomic E-state index is 13.2. The summed E-state index contributed by atoms with van der Waals surface area (Å²) in [5.41, 5.74) is 0. The fourth-order valence-corrected chi connectivity index (χ4v) is 5.59. The van der Waals surface area contributed by atoms with Gasteiger partial charge in [-0.2, -0.15) is 0 Å². The molecule has 0 radical (unpaired) electrons. The predicted molar refractivity (Wildman–Crippen MR) is 116 cm³/mol. The van der Waals surface area contributed by atoms with E-state index in [9.17, 15) is 43.7 Å². The average molecular weight is 546 g/mol. The molecule has 0 aliphatic heterocycles. The molecule has 0 unspecified atom stereocenters. The van der Waals surface area contributed by atoms with E-state index < -0.39 is 44.1 Å². The van der Waals surface area contributed by atoms with Gasteiger partial charge >= 0.3 is 0 Å². The van der Waals surface area contributed by atoms with Crippen LogP contribution in [0.2, 0.25) is 0 Å². The average Bonchev–Trinajstić information content (AvgIpc) is 2.84. The van der Waals surface area contributed by atoms with Crippen molar-refractivity contribution in [1.29, 1.82) is 0 Å². The second kappa shape index (κ2) is 11.1. The van der Waals surface area contributed by atoms with Crippen LogP contribution in [0.3, 0.4) is 0 Å². The van der Waals surface area contributed by atoms with E-state index in [1.807, 2.05) is 30.3 Å². The fourth-order valence-electron chi connectivity index (χ4n) is 2.91. The molecule has 0 saturated heterocycles. The third-order valence-corrected chi connectivity index (χ3v) is 7.59. The van der Waals surface area contributed by atoms with Crippen molar-refractivity contribution >= 4 is 21.0 Å². The molecule has 0 atom stereocenters. The molecule has 4 aromatic carbocycles. The van der Waals surface area contributed by atoms with Crippen molar-refractivity contribution in [3.63, 3.8) is 0 Å². The van der Waals surface area contributed by atoms with Crippen LogP contribution in [0.15, 0.2) is 98.4 Å². The third-order valence-electron chi connectivity index (χ3n) is 4.50. The Labute approximate surface area is 203 Å². The molecule has 0 aliphatic rings. The predicted octanol–water partition coefficient (Wildman–Crippen LogP) is 6.35. The van der Waals surface area contributed by atoms with Crippen LogP contribution >= 0.6 is 0 Å². The standard InChI is InChI=1S/C18H13F2S.C6HF5O3S/c19-14-6-10-17(11-7-14)21(16-4-2-1-3-5-16)18-12-8-15(20)9-13-18;7-1-2(8)4(10)6(15(12,13)14)5(11)3(1)9/h1-13H;(H,12,13,14)/q+1;/p-1. The van der Waals surface area contributed by atoms with Crippen molar-refractivity contribution in [1.82, 2.24) is 0 Å². The van der Waals surface area contributed by atoms with Gasteiger partial charge in [-0.05, 0) is 60.7 Å². The number of halogens is 7. The van der Waals surface area contributed by atoms with E-state index in [0.29, 0.717) is 0 Å². The van der Waals surface area contributed by atoms with Gasteiger partial charge in [0.25, 0.3) is 0 Å². The van der Waals surface area contributed by atoms with Crippen LogP contribution in [-0.2, 0) is 21.0 Å². The van der Waals surface area contributed by atoms with Crippen molar-refractivity contribution in [2.45, 2.75) is 19.6 Å². The molecule has 12 heteroatoms. The smallest absolute Gasteiger partial charge is 0.200 e. The van der Waals surface area contributed by atoms with Crippen LogP contribution in [0.4, 0.5) is 30.7 Å². The summed E-state index contributed by atoms with van der Waals surface area (Å²) in [5, 5.41) is 0. The molecule has 0 fully saturated rings. The lowest BCUT2D eigenvalue weighted by molar-refractivity contribution is 0.350. The lowest BCUT2D eigenvalue weighted by atomic mass is 10.3. The minimum absolute atomic E-state index is 0.255. The number of rotatable bonds is 4. The Morgan fingerprint density at radius 1 is 0.500 bits per heavy atom. The van der Waals surface area contributed by atoms with Crippen molar-refractivity contribution in [2.24, 2.45) is 0 Å². The van der Waals surface area contributed by atoms with E-state index in [1.54, 1.807) is 24.3 Å².